The highest BCUT2D eigenvalue weighted by molar-refractivity contribution is 8.00. The highest BCUT2D eigenvalue weighted by Crippen LogP contribution is 2.44. The van der Waals surface area contributed by atoms with E-state index in [9.17, 15) is 32.7 Å². The van der Waals surface area contributed by atoms with Gasteiger partial charge in [-0.2, -0.15) is 13.2 Å². The summed E-state index contributed by atoms with van der Waals surface area (Å²) in [5, 5.41) is 27.9. The summed E-state index contributed by atoms with van der Waals surface area (Å²) in [6.07, 6.45) is -4.69. The molecule has 2 aromatic rings. The van der Waals surface area contributed by atoms with E-state index in [0.29, 0.717) is 5.16 Å². The molecule has 21 heteroatoms. The topological polar surface area (TPSA) is 191 Å². The quantitative estimate of drug-likeness (QED) is 0.150. The summed E-state index contributed by atoms with van der Waals surface area (Å²) in [6, 6.07) is -1.05. The van der Waals surface area contributed by atoms with Gasteiger partial charge in [-0.15, -0.1) is 40.6 Å². The van der Waals surface area contributed by atoms with Gasteiger partial charge in [-0.1, -0.05) is 16.9 Å². The molecule has 2 fully saturated rings. The number of oxime groups is 1. The van der Waals surface area contributed by atoms with Crippen LogP contribution in [0.1, 0.15) is 5.69 Å². The molecule has 38 heavy (non-hydrogen) atoms. The molecule has 0 bridgehead atoms. The molecule has 2 aromatic heterocycles. The van der Waals surface area contributed by atoms with Crippen molar-refractivity contribution in [2.45, 2.75) is 22.7 Å². The van der Waals surface area contributed by atoms with Crippen LogP contribution in [0, 0.1) is 5.41 Å². The van der Waals surface area contributed by atoms with Crippen LogP contribution in [0.25, 0.3) is 0 Å². The Morgan fingerprint density at radius 1 is 1.45 bits per heavy atom. The van der Waals surface area contributed by atoms with E-state index < -0.39 is 53.1 Å². The number of nitrogens with two attached hydrogens (primary N) is 1. The Kier molecular flexibility index (Phi) is 8.99. The van der Waals surface area contributed by atoms with Gasteiger partial charge in [0.15, 0.2) is 10.8 Å². The minimum Gasteiger partial charge on any atom is -0.481 e. The van der Waals surface area contributed by atoms with Gasteiger partial charge < -0.3 is 25.9 Å². The van der Waals surface area contributed by atoms with E-state index >= 15 is 0 Å². The minimum atomic E-state index is -4.69. The Morgan fingerprint density at radius 3 is 2.76 bits per heavy atom. The summed E-state index contributed by atoms with van der Waals surface area (Å²) >= 11 is 3.23. The SMILES string of the molecule is Cl.Cn1nnnc1SCC1(C(=O)O)CS[C@@H]2C(NC(=O)C(=NOCC(F)(F)F)c3csc(N)n3)C(=O)N2C1. The van der Waals surface area contributed by atoms with Gasteiger partial charge in [-0.05, 0) is 10.4 Å². The van der Waals surface area contributed by atoms with Crippen LogP contribution in [0.15, 0.2) is 15.7 Å². The fourth-order valence-corrected chi connectivity index (χ4v) is 6.69. The molecule has 2 saturated heterocycles. The monoisotopic (exact) mass is 617 g/mol. The summed E-state index contributed by atoms with van der Waals surface area (Å²) in [6.45, 7) is -1.85. The molecule has 14 nitrogen and oxygen atoms in total. The molecule has 0 radical (unpaired) electrons. The zero-order chi connectivity index (χ0) is 27.0. The largest absolute Gasteiger partial charge is 0.481 e. The number of nitrogens with zero attached hydrogens (tertiary/aromatic N) is 7. The maximum absolute atomic E-state index is 12.9. The lowest BCUT2D eigenvalue weighted by Gasteiger charge is -2.53. The number of anilines is 1. The Morgan fingerprint density at radius 2 is 2.18 bits per heavy atom. The minimum absolute atomic E-state index is 0. The van der Waals surface area contributed by atoms with Gasteiger partial charge in [-0.25, -0.2) is 9.67 Å². The molecule has 2 aliphatic rings. The molecule has 0 saturated carbocycles. The molecular weight excluding hydrogens is 599 g/mol. The number of halogens is 4. The molecule has 2 unspecified atom stereocenters. The van der Waals surface area contributed by atoms with Gasteiger partial charge in [0.25, 0.3) is 5.91 Å². The number of thiazole rings is 1. The summed E-state index contributed by atoms with van der Waals surface area (Å²) in [7, 11) is 1.61. The second-order valence-corrected chi connectivity index (χ2v) is 10.9. The van der Waals surface area contributed by atoms with Crippen LogP contribution in [0.5, 0.6) is 0 Å². The number of carbonyl (C=O) groups excluding carboxylic acids is 2. The number of hydrogen-bond donors (Lipinski definition) is 3. The number of nitrogens with one attached hydrogen (secondary N) is 1. The summed E-state index contributed by atoms with van der Waals surface area (Å²) in [5.41, 5.74) is 3.55. The molecule has 4 rings (SSSR count). The van der Waals surface area contributed by atoms with E-state index in [4.69, 9.17) is 5.73 Å². The number of aromatic nitrogens is 5. The van der Waals surface area contributed by atoms with Crippen LogP contribution in [0.2, 0.25) is 0 Å². The number of aliphatic carboxylic acids is 1. The predicted octanol–water partition coefficient (Wildman–Crippen LogP) is 0.217. The second-order valence-electron chi connectivity index (χ2n) is 7.98. The Labute approximate surface area is 230 Å². The van der Waals surface area contributed by atoms with E-state index in [-0.39, 0.29) is 41.3 Å². The molecule has 0 aliphatic carbocycles. The molecule has 3 atom stereocenters. The number of tetrazole rings is 1. The maximum Gasteiger partial charge on any atom is 0.425 e. The third-order valence-electron chi connectivity index (χ3n) is 5.31. The van der Waals surface area contributed by atoms with Crippen LogP contribution in [-0.4, -0.2) is 101 Å². The Balaban J connectivity index is 0.00000400. The lowest BCUT2D eigenvalue weighted by molar-refractivity contribution is -0.174. The third-order valence-corrected chi connectivity index (χ3v) is 8.87. The zero-order valence-electron chi connectivity index (χ0n) is 19.1. The molecular formula is C17H19ClF3N9O5S3. The average Bonchev–Trinajstić information content (AvgIpc) is 3.45. The first-order valence-electron chi connectivity index (χ1n) is 10.2. The molecule has 4 heterocycles. The Bertz CT molecular complexity index is 1250. The van der Waals surface area contributed by atoms with E-state index in [1.54, 1.807) is 7.05 Å². The van der Waals surface area contributed by atoms with Crippen molar-refractivity contribution in [1.29, 1.82) is 0 Å². The van der Waals surface area contributed by atoms with Crippen LogP contribution in [0.4, 0.5) is 18.3 Å². The molecule has 208 valence electrons. The fourth-order valence-electron chi connectivity index (χ4n) is 3.43. The number of fused-ring (bicyclic) bond motifs is 1. The van der Waals surface area contributed by atoms with Crippen LogP contribution in [-0.2, 0) is 26.3 Å². The van der Waals surface area contributed by atoms with Crippen molar-refractivity contribution in [3.63, 3.8) is 0 Å². The zero-order valence-corrected chi connectivity index (χ0v) is 22.4. The van der Waals surface area contributed by atoms with Crippen molar-refractivity contribution in [2.75, 3.05) is 30.4 Å². The number of carboxylic acids is 1. The number of hydrogen-bond acceptors (Lipinski definition) is 13. The average molecular weight is 618 g/mol. The van der Waals surface area contributed by atoms with E-state index in [1.165, 1.54) is 15.0 Å². The van der Waals surface area contributed by atoms with E-state index in [1.807, 2.05) is 0 Å². The molecule has 0 aromatic carbocycles. The number of nitrogen functional groups attached to an aromatic ring is 1. The van der Waals surface area contributed by atoms with Crippen molar-refractivity contribution in [1.82, 2.24) is 35.4 Å². The van der Waals surface area contributed by atoms with Gasteiger partial charge >= 0.3 is 12.1 Å². The number of carboxylic acid groups (broad SMARTS) is 1. The molecule has 2 aliphatic heterocycles. The first-order chi connectivity index (χ1) is 17.4. The van der Waals surface area contributed by atoms with Crippen LogP contribution in [0.3, 0.4) is 0 Å². The number of amides is 2. The highest BCUT2D eigenvalue weighted by Gasteiger charge is 2.57. The van der Waals surface area contributed by atoms with Gasteiger partial charge in [0.2, 0.25) is 17.7 Å². The molecule has 0 spiro atoms. The fraction of sp³-hybridized carbons (Fsp3) is 0.529. The molecule has 4 N–H and O–H groups in total. The van der Waals surface area contributed by atoms with Crippen molar-refractivity contribution < 1.29 is 37.5 Å². The van der Waals surface area contributed by atoms with Crippen molar-refractivity contribution in [3.8, 4) is 0 Å². The normalized spacial score (nSPS) is 23.2. The number of rotatable bonds is 9. The predicted molar refractivity (Wildman–Crippen MR) is 132 cm³/mol. The maximum atomic E-state index is 12.9. The number of aryl methyl sites for hydroxylation is 1. The summed E-state index contributed by atoms with van der Waals surface area (Å²) in [5.74, 6) is -2.42. The van der Waals surface area contributed by atoms with E-state index in [2.05, 4.69) is 35.8 Å². The van der Waals surface area contributed by atoms with Crippen LogP contribution < -0.4 is 11.1 Å². The van der Waals surface area contributed by atoms with Gasteiger partial charge in [-0.3, -0.25) is 14.4 Å². The number of thioether (sulfide) groups is 2. The third kappa shape index (κ3) is 6.24. The first kappa shape index (κ1) is 29.7. The highest BCUT2D eigenvalue weighted by atomic mass is 35.5. The number of alkyl halides is 3. The van der Waals surface area contributed by atoms with Crippen molar-refractivity contribution in [2.24, 2.45) is 17.6 Å². The smallest absolute Gasteiger partial charge is 0.425 e. The van der Waals surface area contributed by atoms with Crippen LogP contribution >= 0.6 is 47.3 Å². The van der Waals surface area contributed by atoms with Crippen molar-refractivity contribution in [3.05, 3.63) is 11.1 Å². The standard InChI is InChI=1S/C17H18F3N9O5S3.ClH/c1-28-15(24-26-27-28)37-6-16(13(32)33)3-29-11(31)9(12(29)36-5-16)23-10(30)8(7-2-35-14(21)22-7)25-34-4-17(18,19)20;/h2,9,12H,3-6H2,1H3,(H2,21,22)(H,23,30)(H,32,33);1H/t9?,12-,16?;/m1./s1. The first-order valence-corrected chi connectivity index (χ1v) is 13.1. The Hall–Kier alpha value is -2.84. The van der Waals surface area contributed by atoms with Gasteiger partial charge in [0.05, 0.1) is 0 Å². The lowest BCUT2D eigenvalue weighted by Crippen LogP contribution is -2.74. The van der Waals surface area contributed by atoms with Crippen molar-refractivity contribution >= 4 is 75.9 Å². The number of β-lactam (4-membered cyclic amide) rings is 1. The second kappa shape index (κ2) is 11.5. The molecule has 2 amide bonds. The van der Waals surface area contributed by atoms with Gasteiger partial charge in [0, 0.05) is 30.5 Å². The summed E-state index contributed by atoms with van der Waals surface area (Å²) < 4.78 is 38.8. The lowest BCUT2D eigenvalue weighted by atomic mass is 9.89. The summed E-state index contributed by atoms with van der Waals surface area (Å²) in [4.78, 5) is 47.3. The van der Waals surface area contributed by atoms with Gasteiger partial charge in [0.1, 0.15) is 22.5 Å². The number of carbonyl (C=O) groups is 3. The van der Waals surface area contributed by atoms with E-state index in [0.717, 1.165) is 34.9 Å².